The molecule has 3 aromatic carbocycles. The first-order valence-electron chi connectivity index (χ1n) is 14.0. The average Bonchev–Trinajstić information content (AvgIpc) is 2.95. The van der Waals surface area contributed by atoms with Crippen molar-refractivity contribution in [3.05, 3.63) is 83.9 Å². The quantitative estimate of drug-likeness (QED) is 0.148. The molecule has 0 radical (unpaired) electrons. The Morgan fingerprint density at radius 2 is 1.22 bits per heavy atom. The summed E-state index contributed by atoms with van der Waals surface area (Å²) in [5, 5.41) is -4.51. The Bertz CT molecular complexity index is 1580. The number of alkyl halides is 5. The third-order valence-electron chi connectivity index (χ3n) is 7.78. The lowest BCUT2D eigenvalue weighted by molar-refractivity contribution is -0.354. The minimum absolute atomic E-state index is 0.0260. The van der Waals surface area contributed by atoms with E-state index >= 15 is 0 Å². The average molecular weight is 676 g/mol. The molecular weight excluding hydrogens is 639 g/mol. The first-order valence-corrected chi connectivity index (χ1v) is 16.7. The highest BCUT2D eigenvalue weighted by atomic mass is 32.2. The monoisotopic (exact) mass is 675 g/mol. The number of benzene rings is 3. The van der Waals surface area contributed by atoms with Crippen LogP contribution in [0.2, 0.25) is 0 Å². The van der Waals surface area contributed by atoms with E-state index in [0.717, 1.165) is 34.1 Å². The molecule has 3 aromatic rings. The first-order chi connectivity index (χ1) is 20.6. The predicted molar refractivity (Wildman–Crippen MR) is 160 cm³/mol. The number of ether oxygens (including phenoxy) is 3. The molecule has 13 heteroatoms. The summed E-state index contributed by atoms with van der Waals surface area (Å²) >= 11 is 0. The highest BCUT2D eigenvalue weighted by Gasteiger charge is 2.56. The van der Waals surface area contributed by atoms with Gasteiger partial charge < -0.3 is 14.2 Å². The third-order valence-corrected chi connectivity index (χ3v) is 11.0. The van der Waals surface area contributed by atoms with E-state index < -0.39 is 63.0 Å². The Balaban J connectivity index is 1.65. The van der Waals surface area contributed by atoms with Crippen molar-refractivity contribution in [3.63, 3.8) is 0 Å². The molecule has 0 aromatic heterocycles. The Morgan fingerprint density at radius 1 is 0.800 bits per heavy atom. The van der Waals surface area contributed by atoms with E-state index in [1.165, 1.54) is 12.1 Å². The second-order valence-corrected chi connectivity index (χ2v) is 16.0. The summed E-state index contributed by atoms with van der Waals surface area (Å²) in [5.74, 6) is -1.40. The largest absolute Gasteiger partial charge is 0.483 e. The molecule has 2 atom stereocenters. The molecule has 4 rings (SSSR count). The number of rotatable bonds is 8. The predicted octanol–water partition coefficient (Wildman–Crippen LogP) is 8.12. The van der Waals surface area contributed by atoms with Gasteiger partial charge in [-0.05, 0) is 92.4 Å². The van der Waals surface area contributed by atoms with Crippen molar-refractivity contribution in [1.29, 1.82) is 0 Å². The van der Waals surface area contributed by atoms with E-state index in [9.17, 15) is 30.4 Å². The Kier molecular flexibility index (Phi) is 9.49. The minimum Gasteiger partial charge on any atom is -0.483 e. The Hall–Kier alpha value is -2.71. The summed E-state index contributed by atoms with van der Waals surface area (Å²) in [6.45, 7) is 8.66. The van der Waals surface area contributed by atoms with Gasteiger partial charge >= 0.3 is 21.5 Å². The van der Waals surface area contributed by atoms with Crippen molar-refractivity contribution in [2.45, 2.75) is 85.0 Å². The molecule has 0 aliphatic carbocycles. The van der Waals surface area contributed by atoms with Gasteiger partial charge in [0.15, 0.2) is 26.6 Å². The third kappa shape index (κ3) is 7.32. The van der Waals surface area contributed by atoms with E-state index in [-0.39, 0.29) is 11.2 Å². The van der Waals surface area contributed by atoms with E-state index in [0.29, 0.717) is 5.56 Å². The van der Waals surface area contributed by atoms with E-state index in [4.69, 9.17) is 18.8 Å². The van der Waals surface area contributed by atoms with E-state index in [2.05, 4.69) is 20.8 Å². The number of hydrogen-bond acceptors (Lipinski definition) is 5. The van der Waals surface area contributed by atoms with Gasteiger partial charge in [-0.15, -0.1) is 0 Å². The van der Waals surface area contributed by atoms with Gasteiger partial charge in [-0.3, -0.25) is 4.55 Å². The van der Waals surface area contributed by atoms with Crippen LogP contribution in [0, 0.1) is 5.41 Å². The molecule has 0 spiro atoms. The summed E-state index contributed by atoms with van der Waals surface area (Å²) in [6, 6.07) is 21.5. The lowest BCUT2D eigenvalue weighted by Gasteiger charge is -2.43. The van der Waals surface area contributed by atoms with Gasteiger partial charge in [-0.25, -0.2) is 0 Å². The molecule has 0 saturated carbocycles. The van der Waals surface area contributed by atoms with Crippen LogP contribution in [0.15, 0.2) is 87.5 Å². The van der Waals surface area contributed by atoms with Crippen molar-refractivity contribution in [3.8, 4) is 5.75 Å². The van der Waals surface area contributed by atoms with Crippen molar-refractivity contribution in [2.75, 3.05) is 13.2 Å². The van der Waals surface area contributed by atoms with Crippen LogP contribution in [0.3, 0.4) is 0 Å². The van der Waals surface area contributed by atoms with Gasteiger partial charge in [0.05, 0.1) is 24.1 Å². The van der Waals surface area contributed by atoms with Crippen molar-refractivity contribution in [1.82, 2.24) is 0 Å². The smallest absolute Gasteiger partial charge is 0.405 e. The maximum Gasteiger partial charge on any atom is 0.405 e. The fraction of sp³-hybridized carbons (Fsp3) is 0.438. The number of halogens is 5. The molecule has 6 nitrogen and oxygen atoms in total. The van der Waals surface area contributed by atoms with Crippen molar-refractivity contribution in [2.24, 2.45) is 5.41 Å². The summed E-state index contributed by atoms with van der Waals surface area (Å²) in [7, 11) is -6.41. The Labute approximate surface area is 263 Å². The normalized spacial score (nSPS) is 22.9. The van der Waals surface area contributed by atoms with Crippen LogP contribution in [0.1, 0.15) is 52.7 Å². The summed E-state index contributed by atoms with van der Waals surface area (Å²) in [5.41, 5.74) is -0.544. The van der Waals surface area contributed by atoms with Gasteiger partial charge in [0.2, 0.25) is 0 Å². The zero-order chi connectivity index (χ0) is 33.6. The molecule has 1 fully saturated rings. The number of hydrogen-bond donors (Lipinski definition) is 1. The molecular formula is C32H36F5O6S2+. The van der Waals surface area contributed by atoms with Crippen molar-refractivity contribution >= 4 is 21.0 Å². The van der Waals surface area contributed by atoms with Gasteiger partial charge in [-0.1, -0.05) is 32.9 Å². The lowest BCUT2D eigenvalue weighted by atomic mass is 9.87. The second-order valence-electron chi connectivity index (χ2n) is 12.5. The summed E-state index contributed by atoms with van der Waals surface area (Å²) < 4.78 is 116. The van der Waals surface area contributed by atoms with Crippen LogP contribution in [-0.4, -0.2) is 43.7 Å². The van der Waals surface area contributed by atoms with Crippen molar-refractivity contribution < 1.29 is 49.1 Å². The maximum atomic E-state index is 14.0. The van der Waals surface area contributed by atoms with E-state index in [1.54, 1.807) is 31.2 Å². The lowest BCUT2D eigenvalue weighted by Crippen LogP contribution is -2.52. The fourth-order valence-electron chi connectivity index (χ4n) is 4.54. The zero-order valence-corrected chi connectivity index (χ0v) is 27.2. The van der Waals surface area contributed by atoms with Crippen LogP contribution < -0.4 is 4.74 Å². The van der Waals surface area contributed by atoms with Gasteiger partial charge in [-0.2, -0.15) is 30.4 Å². The Morgan fingerprint density at radius 3 is 1.62 bits per heavy atom. The molecule has 1 heterocycles. The van der Waals surface area contributed by atoms with Gasteiger partial charge in [0.1, 0.15) is 11.2 Å². The molecule has 45 heavy (non-hydrogen) atoms. The molecule has 1 N–H and O–H groups in total. The van der Waals surface area contributed by atoms with Gasteiger partial charge in [0, 0.05) is 5.56 Å². The van der Waals surface area contributed by atoms with Crippen LogP contribution in [0.4, 0.5) is 22.0 Å². The van der Waals surface area contributed by atoms with E-state index in [1.807, 2.05) is 36.4 Å². The van der Waals surface area contributed by atoms with Crippen LogP contribution in [0.25, 0.3) is 0 Å². The molecule has 0 bridgehead atoms. The highest BCUT2D eigenvalue weighted by Crippen LogP contribution is 2.45. The zero-order valence-electron chi connectivity index (χ0n) is 25.6. The summed E-state index contributed by atoms with van der Waals surface area (Å²) in [4.78, 5) is 2.57. The molecule has 2 unspecified atom stereocenters. The highest BCUT2D eigenvalue weighted by molar-refractivity contribution is 7.97. The first kappa shape index (κ1) is 35.1. The fourth-order valence-corrected chi connectivity index (χ4v) is 7.05. The molecule has 1 saturated heterocycles. The topological polar surface area (TPSA) is 82.1 Å². The minimum atomic E-state index is -5.68. The molecule has 246 valence electrons. The SMILES string of the molecule is CC(Oc1ccc([S+](c2ccc(C(C)(C)C)cc2)c2ccc(C3(C)OCC(C)(C(F)(F)F)CO3)cc2)cc1)C(F)(F)S(=O)(=O)O. The maximum absolute atomic E-state index is 14.0. The molecule has 0 amide bonds. The summed E-state index contributed by atoms with van der Waals surface area (Å²) in [6.07, 6.45) is -6.64. The van der Waals surface area contributed by atoms with Crippen LogP contribution in [-0.2, 0) is 41.7 Å². The molecule has 1 aliphatic rings. The van der Waals surface area contributed by atoms with Gasteiger partial charge in [0.25, 0.3) is 0 Å². The molecule has 1 aliphatic heterocycles. The second kappa shape index (κ2) is 12.1. The standard InChI is InChI=1S/C32H35F5O6S2/c1-21(31(33,34)45(38,39)40)43-24-11-17-27(18-12-24)44(25-13-7-22(8-14-25)28(2,3)4)26-15-9-23(10-16-26)30(6)41-19-29(5,20-42-30)32(35,36)37/h7-18,21H,19-20H2,1-6H3/p+1. The van der Waals surface area contributed by atoms with Crippen LogP contribution in [0.5, 0.6) is 5.75 Å². The van der Waals surface area contributed by atoms with Crippen LogP contribution >= 0.6 is 0 Å².